The van der Waals surface area contributed by atoms with Crippen LogP contribution in [0.1, 0.15) is 6.42 Å². The van der Waals surface area contributed by atoms with Gasteiger partial charge in [-0.15, -0.1) is 0 Å². The largest absolute Gasteiger partial charge is 0.453 e. The summed E-state index contributed by atoms with van der Waals surface area (Å²) in [4.78, 5) is 15.5. The number of amides is 1. The van der Waals surface area contributed by atoms with Crippen LogP contribution in [0.4, 0.5) is 9.18 Å². The Morgan fingerprint density at radius 1 is 1.50 bits per heavy atom. The Labute approximate surface area is 106 Å². The molecule has 0 aromatic heterocycles. The van der Waals surface area contributed by atoms with Crippen molar-refractivity contribution in [2.75, 3.05) is 47.0 Å². The Kier molecular flexibility index (Phi) is 3.87. The molecule has 2 fully saturated rings. The van der Waals surface area contributed by atoms with Gasteiger partial charge < -0.3 is 14.4 Å². The van der Waals surface area contributed by atoms with Gasteiger partial charge in [-0.05, 0) is 12.0 Å². The van der Waals surface area contributed by atoms with Crippen molar-refractivity contribution >= 4 is 6.09 Å². The summed E-state index contributed by atoms with van der Waals surface area (Å²) in [7, 11) is 3.00. The third-order valence-electron chi connectivity index (χ3n) is 3.75. The molecule has 0 N–H and O–H groups in total. The van der Waals surface area contributed by atoms with Crippen LogP contribution in [0.3, 0.4) is 0 Å². The van der Waals surface area contributed by atoms with Crippen molar-refractivity contribution in [3.8, 4) is 0 Å². The van der Waals surface area contributed by atoms with E-state index in [0.717, 1.165) is 12.1 Å². The molecule has 0 unspecified atom stereocenters. The third kappa shape index (κ3) is 2.22. The maximum Gasteiger partial charge on any atom is 0.409 e. The molecule has 0 aromatic carbocycles. The molecular weight excluding hydrogens is 239 g/mol. The van der Waals surface area contributed by atoms with Crippen LogP contribution in [0.25, 0.3) is 0 Å². The van der Waals surface area contributed by atoms with Crippen molar-refractivity contribution in [1.29, 1.82) is 0 Å². The van der Waals surface area contributed by atoms with Gasteiger partial charge in [-0.2, -0.15) is 0 Å². The highest BCUT2D eigenvalue weighted by Crippen LogP contribution is 2.36. The lowest BCUT2D eigenvalue weighted by atomic mass is 9.93. The Bertz CT molecular complexity index is 361. The van der Waals surface area contributed by atoms with Crippen molar-refractivity contribution in [3.63, 3.8) is 0 Å². The molecule has 2 heterocycles. The first-order chi connectivity index (χ1) is 8.65. The van der Waals surface area contributed by atoms with Gasteiger partial charge >= 0.3 is 6.09 Å². The molecule has 1 amide bonds. The predicted molar refractivity (Wildman–Crippen MR) is 64.0 cm³/mol. The fourth-order valence-corrected chi connectivity index (χ4v) is 2.97. The van der Waals surface area contributed by atoms with Gasteiger partial charge in [0.05, 0.1) is 25.6 Å². The zero-order valence-corrected chi connectivity index (χ0v) is 10.8. The van der Waals surface area contributed by atoms with Crippen LogP contribution in [0.5, 0.6) is 0 Å². The molecule has 6 heteroatoms. The lowest BCUT2D eigenvalue weighted by molar-refractivity contribution is -0.0199. The number of piperazine rings is 1. The van der Waals surface area contributed by atoms with Gasteiger partial charge in [0.2, 0.25) is 0 Å². The Morgan fingerprint density at radius 3 is 2.89 bits per heavy atom. The zero-order valence-electron chi connectivity index (χ0n) is 10.8. The van der Waals surface area contributed by atoms with Crippen LogP contribution in [-0.2, 0) is 9.47 Å². The standard InChI is InChI=1S/C12H19FN2O3/c1-17-9-12-5-10(6-13)7-15(12)4-3-14(8-12)11(16)18-2/h6H,3-5,7-9H2,1-2H3/b10-6+/t12-/m1/s1. The molecule has 2 saturated heterocycles. The van der Waals surface area contributed by atoms with Gasteiger partial charge in [0.25, 0.3) is 0 Å². The van der Waals surface area contributed by atoms with E-state index in [2.05, 4.69) is 4.90 Å². The summed E-state index contributed by atoms with van der Waals surface area (Å²) in [5.41, 5.74) is 0.456. The summed E-state index contributed by atoms with van der Waals surface area (Å²) >= 11 is 0. The van der Waals surface area contributed by atoms with E-state index in [0.29, 0.717) is 39.0 Å². The molecule has 2 aliphatic heterocycles. The number of halogens is 1. The van der Waals surface area contributed by atoms with Crippen molar-refractivity contribution < 1.29 is 18.7 Å². The highest BCUT2D eigenvalue weighted by atomic mass is 19.1. The summed E-state index contributed by atoms with van der Waals surface area (Å²) in [6, 6.07) is 0. The molecule has 0 aliphatic carbocycles. The number of carbonyl (C=O) groups excluding carboxylic acids is 1. The first-order valence-electron chi connectivity index (χ1n) is 6.00. The normalized spacial score (nSPS) is 30.6. The molecule has 5 nitrogen and oxygen atoms in total. The highest BCUT2D eigenvalue weighted by Gasteiger charge is 2.48. The van der Waals surface area contributed by atoms with Crippen LogP contribution in [0.15, 0.2) is 11.9 Å². The SMILES string of the molecule is COC[C@]12C/C(=C\F)CN1CCN(C(=O)OC)C2. The molecule has 0 aromatic rings. The van der Waals surface area contributed by atoms with E-state index in [4.69, 9.17) is 9.47 Å². The molecule has 18 heavy (non-hydrogen) atoms. The molecule has 2 aliphatic rings. The van der Waals surface area contributed by atoms with E-state index < -0.39 is 0 Å². The average molecular weight is 258 g/mol. The zero-order chi connectivity index (χ0) is 13.2. The number of nitrogens with zero attached hydrogens (tertiary/aromatic N) is 2. The van der Waals surface area contributed by atoms with Gasteiger partial charge in [-0.3, -0.25) is 4.90 Å². The van der Waals surface area contributed by atoms with Crippen LogP contribution in [0, 0.1) is 0 Å². The second kappa shape index (κ2) is 5.24. The number of methoxy groups -OCH3 is 2. The first kappa shape index (κ1) is 13.3. The van der Waals surface area contributed by atoms with Gasteiger partial charge in [-0.25, -0.2) is 9.18 Å². The maximum absolute atomic E-state index is 12.7. The monoisotopic (exact) mass is 258 g/mol. The molecule has 0 saturated carbocycles. The van der Waals surface area contributed by atoms with E-state index >= 15 is 0 Å². The minimum Gasteiger partial charge on any atom is -0.453 e. The summed E-state index contributed by atoms with van der Waals surface area (Å²) in [6.07, 6.45) is 0.950. The van der Waals surface area contributed by atoms with Crippen LogP contribution >= 0.6 is 0 Å². The molecular formula is C12H19FN2O3. The van der Waals surface area contributed by atoms with Gasteiger partial charge in [0, 0.05) is 33.3 Å². The van der Waals surface area contributed by atoms with E-state index in [1.807, 2.05) is 0 Å². The lowest BCUT2D eigenvalue weighted by Crippen LogP contribution is -2.62. The van der Waals surface area contributed by atoms with Crippen LogP contribution in [0.2, 0.25) is 0 Å². The Morgan fingerprint density at radius 2 is 2.28 bits per heavy atom. The third-order valence-corrected chi connectivity index (χ3v) is 3.75. The molecule has 1 atom stereocenters. The molecule has 2 rings (SSSR count). The van der Waals surface area contributed by atoms with Crippen molar-refractivity contribution in [3.05, 3.63) is 11.9 Å². The van der Waals surface area contributed by atoms with Crippen LogP contribution < -0.4 is 0 Å². The van der Waals surface area contributed by atoms with Crippen molar-refractivity contribution in [2.24, 2.45) is 0 Å². The number of rotatable bonds is 2. The minimum absolute atomic E-state index is 0.306. The van der Waals surface area contributed by atoms with E-state index in [1.54, 1.807) is 12.0 Å². The molecule has 0 radical (unpaired) electrons. The molecule has 102 valence electrons. The van der Waals surface area contributed by atoms with E-state index in [9.17, 15) is 9.18 Å². The number of fused-ring (bicyclic) bond motifs is 1. The Hall–Kier alpha value is -1.14. The fourth-order valence-electron chi connectivity index (χ4n) is 2.97. The van der Waals surface area contributed by atoms with E-state index in [-0.39, 0.29) is 11.6 Å². The number of hydrogen-bond acceptors (Lipinski definition) is 4. The fraction of sp³-hybridized carbons (Fsp3) is 0.750. The van der Waals surface area contributed by atoms with E-state index in [1.165, 1.54) is 7.11 Å². The maximum atomic E-state index is 12.7. The highest BCUT2D eigenvalue weighted by molar-refractivity contribution is 5.67. The van der Waals surface area contributed by atoms with Crippen molar-refractivity contribution in [1.82, 2.24) is 9.80 Å². The summed E-state index contributed by atoms with van der Waals surface area (Å²) in [5.74, 6) is 0. The second-order valence-corrected chi connectivity index (χ2v) is 4.91. The smallest absolute Gasteiger partial charge is 0.409 e. The number of carbonyl (C=O) groups is 1. The van der Waals surface area contributed by atoms with Crippen LogP contribution in [-0.4, -0.2) is 68.4 Å². The minimum atomic E-state index is -0.331. The quantitative estimate of drug-likeness (QED) is 0.741. The summed E-state index contributed by atoms with van der Waals surface area (Å²) in [5, 5.41) is 0. The number of ether oxygens (including phenoxy) is 2. The molecule has 0 spiro atoms. The number of hydrogen-bond donors (Lipinski definition) is 0. The lowest BCUT2D eigenvalue weighted by Gasteiger charge is -2.45. The Balaban J connectivity index is 2.17. The predicted octanol–water partition coefficient (Wildman–Crippen LogP) is 1.01. The van der Waals surface area contributed by atoms with Gasteiger partial charge in [0.15, 0.2) is 0 Å². The summed E-state index contributed by atoms with van der Waals surface area (Å²) in [6.45, 7) is 2.95. The van der Waals surface area contributed by atoms with Gasteiger partial charge in [-0.1, -0.05) is 0 Å². The van der Waals surface area contributed by atoms with Gasteiger partial charge in [0.1, 0.15) is 0 Å². The topological polar surface area (TPSA) is 42.0 Å². The summed E-state index contributed by atoms with van der Waals surface area (Å²) < 4.78 is 22.8. The molecule has 0 bridgehead atoms. The van der Waals surface area contributed by atoms with Crippen molar-refractivity contribution in [2.45, 2.75) is 12.0 Å². The first-order valence-corrected chi connectivity index (χ1v) is 6.00. The second-order valence-electron chi connectivity index (χ2n) is 4.91. The average Bonchev–Trinajstić information content (AvgIpc) is 2.75.